The highest BCUT2D eigenvalue weighted by atomic mass is 19.1. The number of ether oxygens (including phenoxy) is 1. The van der Waals surface area contributed by atoms with Gasteiger partial charge in [-0.3, -0.25) is 14.9 Å². The Kier molecular flexibility index (Phi) is 5.81. The summed E-state index contributed by atoms with van der Waals surface area (Å²) < 4.78 is 20.1. The standard InChI is InChI=1S/C25H19FN2O4/c1-16-7-6-8-17(13-16)15-32-22-12-5-2-9-18(22)14-19-23(29)27-25(31)28(24(19)30)21-11-4-3-10-20(21)26/h2-14H,15H2,1H3,(H,27,29,31)/b19-14-. The Bertz CT molecular complexity index is 1250. The number of aryl methyl sites for hydroxylation is 1. The molecule has 6 nitrogen and oxygen atoms in total. The van der Waals surface area contributed by atoms with Crippen molar-refractivity contribution >= 4 is 29.6 Å². The molecule has 0 aliphatic carbocycles. The van der Waals surface area contributed by atoms with Crippen LogP contribution in [0.15, 0.2) is 78.4 Å². The SMILES string of the molecule is Cc1cccc(COc2ccccc2/C=C2/C(=O)NC(=O)N(c3ccccc3F)C2=O)c1. The minimum atomic E-state index is -1.01. The van der Waals surface area contributed by atoms with Gasteiger partial charge in [-0.25, -0.2) is 14.1 Å². The van der Waals surface area contributed by atoms with Gasteiger partial charge in [-0.1, -0.05) is 60.2 Å². The van der Waals surface area contributed by atoms with E-state index in [0.717, 1.165) is 17.2 Å². The van der Waals surface area contributed by atoms with Crippen LogP contribution in [0.25, 0.3) is 6.08 Å². The van der Waals surface area contributed by atoms with E-state index in [1.54, 1.807) is 24.3 Å². The van der Waals surface area contributed by atoms with Gasteiger partial charge in [-0.05, 0) is 36.8 Å². The zero-order valence-electron chi connectivity index (χ0n) is 17.2. The van der Waals surface area contributed by atoms with Crippen LogP contribution in [0.3, 0.4) is 0 Å². The van der Waals surface area contributed by atoms with Crippen LogP contribution < -0.4 is 15.0 Å². The number of halogens is 1. The smallest absolute Gasteiger partial charge is 0.336 e. The predicted molar refractivity (Wildman–Crippen MR) is 117 cm³/mol. The van der Waals surface area contributed by atoms with Gasteiger partial charge < -0.3 is 4.74 Å². The average molecular weight is 430 g/mol. The first-order valence-electron chi connectivity index (χ1n) is 9.87. The summed E-state index contributed by atoms with van der Waals surface area (Å²) in [5.41, 5.74) is 2.00. The van der Waals surface area contributed by atoms with Gasteiger partial charge in [-0.2, -0.15) is 0 Å². The fourth-order valence-electron chi connectivity index (χ4n) is 3.36. The third-order valence-corrected chi connectivity index (χ3v) is 4.89. The first-order valence-corrected chi connectivity index (χ1v) is 9.87. The lowest BCUT2D eigenvalue weighted by molar-refractivity contribution is -0.122. The second-order valence-electron chi connectivity index (χ2n) is 7.22. The molecular weight excluding hydrogens is 411 g/mol. The average Bonchev–Trinajstić information content (AvgIpc) is 2.77. The van der Waals surface area contributed by atoms with E-state index in [0.29, 0.717) is 22.8 Å². The highest BCUT2D eigenvalue weighted by molar-refractivity contribution is 6.39. The molecule has 4 amide bonds. The van der Waals surface area contributed by atoms with E-state index in [9.17, 15) is 18.8 Å². The number of carbonyl (C=O) groups is 3. The number of carbonyl (C=O) groups excluding carboxylic acids is 3. The van der Waals surface area contributed by atoms with Gasteiger partial charge in [0.15, 0.2) is 0 Å². The van der Waals surface area contributed by atoms with E-state index >= 15 is 0 Å². The van der Waals surface area contributed by atoms with Gasteiger partial charge in [0.25, 0.3) is 11.8 Å². The molecule has 0 spiro atoms. The Labute approximate surface area is 183 Å². The fourth-order valence-corrected chi connectivity index (χ4v) is 3.36. The van der Waals surface area contributed by atoms with Gasteiger partial charge >= 0.3 is 6.03 Å². The van der Waals surface area contributed by atoms with Crippen LogP contribution in [0.1, 0.15) is 16.7 Å². The third kappa shape index (κ3) is 4.27. The van der Waals surface area contributed by atoms with Crippen LogP contribution in [0.4, 0.5) is 14.9 Å². The van der Waals surface area contributed by atoms with Crippen molar-refractivity contribution in [1.82, 2.24) is 5.32 Å². The van der Waals surface area contributed by atoms with E-state index in [1.165, 1.54) is 24.3 Å². The summed E-state index contributed by atoms with van der Waals surface area (Å²) in [6.07, 6.45) is 1.34. The van der Waals surface area contributed by atoms with E-state index in [2.05, 4.69) is 5.32 Å². The van der Waals surface area contributed by atoms with Crippen molar-refractivity contribution in [2.45, 2.75) is 13.5 Å². The van der Waals surface area contributed by atoms with Crippen molar-refractivity contribution in [3.63, 3.8) is 0 Å². The van der Waals surface area contributed by atoms with Crippen molar-refractivity contribution in [2.75, 3.05) is 4.90 Å². The molecule has 160 valence electrons. The lowest BCUT2D eigenvalue weighted by atomic mass is 10.1. The van der Waals surface area contributed by atoms with Crippen LogP contribution in [0, 0.1) is 12.7 Å². The van der Waals surface area contributed by atoms with E-state index in [-0.39, 0.29) is 11.3 Å². The second-order valence-corrected chi connectivity index (χ2v) is 7.22. The largest absolute Gasteiger partial charge is 0.488 e. The van der Waals surface area contributed by atoms with Crippen LogP contribution in [-0.4, -0.2) is 17.8 Å². The Balaban J connectivity index is 1.65. The number of anilines is 1. The number of hydrogen-bond acceptors (Lipinski definition) is 4. The molecule has 1 N–H and O–H groups in total. The predicted octanol–water partition coefficient (Wildman–Crippen LogP) is 4.38. The molecule has 1 saturated heterocycles. The maximum atomic E-state index is 14.2. The summed E-state index contributed by atoms with van der Waals surface area (Å²) in [5, 5.41) is 2.09. The maximum Gasteiger partial charge on any atom is 0.336 e. The molecule has 1 aliphatic heterocycles. The number of urea groups is 1. The zero-order chi connectivity index (χ0) is 22.7. The molecule has 0 saturated carbocycles. The zero-order valence-corrected chi connectivity index (χ0v) is 17.2. The number of barbiturate groups is 1. The monoisotopic (exact) mass is 430 g/mol. The first kappa shape index (κ1) is 21.0. The number of amides is 4. The number of para-hydroxylation sites is 2. The molecule has 4 rings (SSSR count). The molecule has 0 bridgehead atoms. The van der Waals surface area contributed by atoms with E-state index < -0.39 is 23.7 Å². The number of benzene rings is 3. The quantitative estimate of drug-likeness (QED) is 0.482. The van der Waals surface area contributed by atoms with Crippen LogP contribution in [0.5, 0.6) is 5.75 Å². The van der Waals surface area contributed by atoms with E-state index in [4.69, 9.17) is 4.74 Å². The molecule has 32 heavy (non-hydrogen) atoms. The summed E-state index contributed by atoms with van der Waals surface area (Å²) in [6, 6.07) is 19.1. The van der Waals surface area contributed by atoms with Crippen molar-refractivity contribution in [2.24, 2.45) is 0 Å². The Morgan fingerprint density at radius 1 is 0.969 bits per heavy atom. The number of hydrogen-bond donors (Lipinski definition) is 1. The summed E-state index contributed by atoms with van der Waals surface area (Å²) in [4.78, 5) is 38.3. The van der Waals surface area contributed by atoms with Crippen molar-refractivity contribution in [3.05, 3.63) is 101 Å². The minimum absolute atomic E-state index is 0.239. The first-order chi connectivity index (χ1) is 15.4. The molecule has 7 heteroatoms. The molecular formula is C25H19FN2O4. The highest BCUT2D eigenvalue weighted by Gasteiger charge is 2.38. The molecule has 0 radical (unpaired) electrons. The lowest BCUT2D eigenvalue weighted by Crippen LogP contribution is -2.54. The van der Waals surface area contributed by atoms with Crippen molar-refractivity contribution in [1.29, 1.82) is 0 Å². The molecule has 3 aromatic carbocycles. The molecule has 0 atom stereocenters. The summed E-state index contributed by atoms with van der Waals surface area (Å²) in [5.74, 6) is -2.08. The molecule has 0 aromatic heterocycles. The molecule has 1 fully saturated rings. The Hall–Kier alpha value is -4.26. The van der Waals surface area contributed by atoms with Gasteiger partial charge in [0, 0.05) is 5.56 Å². The lowest BCUT2D eigenvalue weighted by Gasteiger charge is -2.26. The Morgan fingerprint density at radius 3 is 2.50 bits per heavy atom. The third-order valence-electron chi connectivity index (χ3n) is 4.89. The second kappa shape index (κ2) is 8.85. The van der Waals surface area contributed by atoms with Gasteiger partial charge in [0.1, 0.15) is 23.7 Å². The molecule has 0 unspecified atom stereocenters. The number of nitrogens with one attached hydrogen (secondary N) is 1. The summed E-state index contributed by atoms with van der Waals surface area (Å²) in [7, 11) is 0. The van der Waals surface area contributed by atoms with Gasteiger partial charge in [-0.15, -0.1) is 0 Å². The van der Waals surface area contributed by atoms with Crippen molar-refractivity contribution < 1.29 is 23.5 Å². The van der Waals surface area contributed by atoms with Crippen LogP contribution in [-0.2, 0) is 16.2 Å². The van der Waals surface area contributed by atoms with Crippen LogP contribution >= 0.6 is 0 Å². The number of imide groups is 2. The van der Waals surface area contributed by atoms with E-state index in [1.807, 2.05) is 31.2 Å². The van der Waals surface area contributed by atoms with Gasteiger partial charge in [0.05, 0.1) is 5.69 Å². The summed E-state index contributed by atoms with van der Waals surface area (Å²) in [6.45, 7) is 2.28. The maximum absolute atomic E-state index is 14.2. The number of rotatable bonds is 5. The summed E-state index contributed by atoms with van der Waals surface area (Å²) >= 11 is 0. The topological polar surface area (TPSA) is 75.7 Å². The number of nitrogens with zero attached hydrogens (tertiary/aromatic N) is 1. The van der Waals surface area contributed by atoms with Crippen molar-refractivity contribution in [3.8, 4) is 5.75 Å². The normalized spacial score (nSPS) is 15.1. The fraction of sp³-hybridized carbons (Fsp3) is 0.0800. The van der Waals surface area contributed by atoms with Crippen LogP contribution in [0.2, 0.25) is 0 Å². The highest BCUT2D eigenvalue weighted by Crippen LogP contribution is 2.27. The minimum Gasteiger partial charge on any atom is -0.488 e. The van der Waals surface area contributed by atoms with Gasteiger partial charge in [0.2, 0.25) is 0 Å². The Morgan fingerprint density at radius 2 is 1.72 bits per heavy atom. The molecule has 3 aromatic rings. The molecule has 1 aliphatic rings. The molecule has 1 heterocycles.